The van der Waals surface area contributed by atoms with Gasteiger partial charge in [0.15, 0.2) is 11.6 Å². The van der Waals surface area contributed by atoms with Gasteiger partial charge in [0.05, 0.1) is 10.5 Å². The summed E-state index contributed by atoms with van der Waals surface area (Å²) in [5.41, 5.74) is -0.608. The lowest BCUT2D eigenvalue weighted by Gasteiger charge is -2.28. The molecule has 2 aromatic rings. The molecule has 0 aromatic heterocycles. The van der Waals surface area contributed by atoms with Crippen LogP contribution in [0.2, 0.25) is 0 Å². The van der Waals surface area contributed by atoms with Crippen LogP contribution in [-0.2, 0) is 10.0 Å². The molecule has 0 bridgehead atoms. The predicted molar refractivity (Wildman–Crippen MR) is 107 cm³/mol. The van der Waals surface area contributed by atoms with E-state index in [0.717, 1.165) is 68.5 Å². The summed E-state index contributed by atoms with van der Waals surface area (Å²) in [6.45, 7) is 1.80. The number of hydrogen-bond acceptors (Lipinski definition) is 3. The molecule has 2 aromatic carbocycles. The lowest BCUT2D eigenvalue weighted by molar-refractivity contribution is 0.102. The number of rotatable bonds is 6. The highest BCUT2D eigenvalue weighted by molar-refractivity contribution is 7.89. The minimum atomic E-state index is -3.97. The second-order valence-electron chi connectivity index (χ2n) is 7.53. The van der Waals surface area contributed by atoms with Crippen molar-refractivity contribution in [2.45, 2.75) is 50.0 Å². The Morgan fingerprint density at radius 1 is 0.967 bits per heavy atom. The third-order valence-corrected chi connectivity index (χ3v) is 6.92. The zero-order valence-corrected chi connectivity index (χ0v) is 17.2. The molecule has 9 heteroatoms. The second kappa shape index (κ2) is 9.18. The van der Waals surface area contributed by atoms with Crippen LogP contribution < -0.4 is 10.0 Å². The van der Waals surface area contributed by atoms with E-state index < -0.39 is 38.9 Å². The van der Waals surface area contributed by atoms with Gasteiger partial charge in [0.2, 0.25) is 10.0 Å². The lowest BCUT2D eigenvalue weighted by Crippen LogP contribution is -2.38. The van der Waals surface area contributed by atoms with Gasteiger partial charge in [-0.25, -0.2) is 26.3 Å². The highest BCUT2D eigenvalue weighted by atomic mass is 32.2. The number of halogens is 3. The quantitative estimate of drug-likeness (QED) is 0.689. The Bertz CT molecular complexity index is 1040. The second-order valence-corrected chi connectivity index (χ2v) is 9.25. The maximum absolute atomic E-state index is 14.2. The molecule has 0 unspecified atom stereocenters. The summed E-state index contributed by atoms with van der Waals surface area (Å²) in [4.78, 5) is 12.1. The first kappa shape index (κ1) is 22.3. The Labute approximate surface area is 173 Å². The smallest absolute Gasteiger partial charge is 0.258 e. The van der Waals surface area contributed by atoms with Gasteiger partial charge in [-0.3, -0.25) is 4.79 Å². The van der Waals surface area contributed by atoms with Crippen molar-refractivity contribution in [3.63, 3.8) is 0 Å². The molecule has 1 fully saturated rings. The van der Waals surface area contributed by atoms with Crippen LogP contribution in [0.1, 0.15) is 49.4 Å². The zero-order valence-electron chi connectivity index (χ0n) is 16.4. The minimum Gasteiger partial charge on any atom is -0.322 e. The molecule has 5 nitrogen and oxygen atoms in total. The monoisotopic (exact) mass is 440 g/mol. The van der Waals surface area contributed by atoms with Gasteiger partial charge in [-0.1, -0.05) is 19.3 Å². The summed E-state index contributed by atoms with van der Waals surface area (Å²) in [7, 11) is -3.97. The average molecular weight is 440 g/mol. The van der Waals surface area contributed by atoms with Crippen LogP contribution in [0.3, 0.4) is 0 Å². The summed E-state index contributed by atoms with van der Waals surface area (Å²) >= 11 is 0. The van der Waals surface area contributed by atoms with Gasteiger partial charge in [0.1, 0.15) is 5.82 Å². The van der Waals surface area contributed by atoms with Crippen LogP contribution in [0, 0.1) is 23.4 Å². The number of anilines is 1. The summed E-state index contributed by atoms with van der Waals surface area (Å²) in [5, 5.41) is 2.24. The van der Waals surface area contributed by atoms with Crippen LogP contribution in [0.25, 0.3) is 0 Å². The Morgan fingerprint density at radius 3 is 2.30 bits per heavy atom. The maximum atomic E-state index is 14.2. The molecule has 2 N–H and O–H groups in total. The number of amides is 1. The number of benzene rings is 2. The molecule has 162 valence electrons. The molecule has 1 atom stereocenters. The van der Waals surface area contributed by atoms with E-state index >= 15 is 0 Å². The average Bonchev–Trinajstić information content (AvgIpc) is 2.71. The molecule has 0 radical (unpaired) electrons. The van der Waals surface area contributed by atoms with E-state index in [-0.39, 0.29) is 22.5 Å². The van der Waals surface area contributed by atoms with Crippen LogP contribution >= 0.6 is 0 Å². The standard InChI is InChI=1S/C21H23F3N2O3S/c1-13(14-5-3-2-4-6-14)26-30(28,29)16-8-10-18(22)17(12-16)21(27)25-15-7-9-19(23)20(24)11-15/h7-14,26H,2-6H2,1H3,(H,25,27)/t13-/m1/s1. The van der Waals surface area contributed by atoms with Crippen molar-refractivity contribution in [2.24, 2.45) is 5.92 Å². The predicted octanol–water partition coefficient (Wildman–Crippen LogP) is 4.60. The Kier molecular flexibility index (Phi) is 6.82. The zero-order chi connectivity index (χ0) is 21.9. The van der Waals surface area contributed by atoms with Crippen molar-refractivity contribution >= 4 is 21.6 Å². The van der Waals surface area contributed by atoms with E-state index in [2.05, 4.69) is 10.0 Å². The molecule has 30 heavy (non-hydrogen) atoms. The van der Waals surface area contributed by atoms with Crippen molar-refractivity contribution in [1.82, 2.24) is 4.72 Å². The van der Waals surface area contributed by atoms with E-state index in [4.69, 9.17) is 0 Å². The highest BCUT2D eigenvalue weighted by Gasteiger charge is 2.26. The van der Waals surface area contributed by atoms with Crippen molar-refractivity contribution in [3.05, 3.63) is 59.4 Å². The first-order chi connectivity index (χ1) is 14.2. The first-order valence-corrected chi connectivity index (χ1v) is 11.2. The Morgan fingerprint density at radius 2 is 1.63 bits per heavy atom. The van der Waals surface area contributed by atoms with Crippen molar-refractivity contribution < 1.29 is 26.4 Å². The van der Waals surface area contributed by atoms with E-state index in [0.29, 0.717) is 0 Å². The first-order valence-electron chi connectivity index (χ1n) is 9.75. The van der Waals surface area contributed by atoms with Crippen molar-refractivity contribution in [2.75, 3.05) is 5.32 Å². The van der Waals surface area contributed by atoms with Crippen LogP contribution in [-0.4, -0.2) is 20.4 Å². The molecule has 1 aliphatic rings. The number of sulfonamides is 1. The van der Waals surface area contributed by atoms with Crippen LogP contribution in [0.15, 0.2) is 41.3 Å². The van der Waals surface area contributed by atoms with Gasteiger partial charge >= 0.3 is 0 Å². The van der Waals surface area contributed by atoms with Gasteiger partial charge < -0.3 is 5.32 Å². The highest BCUT2D eigenvalue weighted by Crippen LogP contribution is 2.27. The normalized spacial score (nSPS) is 16.3. The Hall–Kier alpha value is -2.39. The van der Waals surface area contributed by atoms with E-state index in [1.807, 2.05) is 0 Å². The molecule has 0 saturated heterocycles. The molecule has 0 aliphatic heterocycles. The van der Waals surface area contributed by atoms with E-state index in [1.165, 1.54) is 0 Å². The fraction of sp³-hybridized carbons (Fsp3) is 0.381. The summed E-state index contributed by atoms with van der Waals surface area (Å²) in [6, 6.07) is 5.29. The number of hydrogen-bond donors (Lipinski definition) is 2. The van der Waals surface area contributed by atoms with Crippen molar-refractivity contribution in [1.29, 1.82) is 0 Å². The van der Waals surface area contributed by atoms with Crippen molar-refractivity contribution in [3.8, 4) is 0 Å². The van der Waals surface area contributed by atoms with E-state index in [1.54, 1.807) is 6.92 Å². The van der Waals surface area contributed by atoms with Gasteiger partial charge in [-0.05, 0) is 56.0 Å². The summed E-state index contributed by atoms with van der Waals surface area (Å²) in [6.07, 6.45) is 5.14. The molecule has 1 saturated carbocycles. The van der Waals surface area contributed by atoms with Gasteiger partial charge in [0, 0.05) is 17.8 Å². The molecule has 1 amide bonds. The van der Waals surface area contributed by atoms with Crippen LogP contribution in [0.4, 0.5) is 18.9 Å². The van der Waals surface area contributed by atoms with Crippen LogP contribution in [0.5, 0.6) is 0 Å². The molecular formula is C21H23F3N2O3S. The summed E-state index contributed by atoms with van der Waals surface area (Å²) in [5.74, 6) is -3.95. The van der Waals surface area contributed by atoms with E-state index in [9.17, 15) is 26.4 Å². The molecule has 3 rings (SSSR count). The minimum absolute atomic E-state index is 0.0874. The summed E-state index contributed by atoms with van der Waals surface area (Å²) < 4.78 is 68.7. The van der Waals surface area contributed by atoms with Gasteiger partial charge in [-0.15, -0.1) is 0 Å². The van der Waals surface area contributed by atoms with Gasteiger partial charge in [0.25, 0.3) is 5.91 Å². The van der Waals surface area contributed by atoms with Gasteiger partial charge in [-0.2, -0.15) is 0 Å². The Balaban J connectivity index is 1.79. The molecular weight excluding hydrogens is 417 g/mol. The number of carbonyl (C=O) groups excluding carboxylic acids is 1. The third kappa shape index (κ3) is 5.20. The topological polar surface area (TPSA) is 75.3 Å². The SMILES string of the molecule is C[C@@H](NS(=O)(=O)c1ccc(F)c(C(=O)Nc2ccc(F)c(F)c2)c1)C1CCCCC1. The third-order valence-electron chi connectivity index (χ3n) is 5.37. The molecule has 0 heterocycles. The molecule has 1 aliphatic carbocycles. The fourth-order valence-corrected chi connectivity index (χ4v) is 5.00. The number of nitrogens with one attached hydrogen (secondary N) is 2. The number of carbonyl (C=O) groups is 1. The fourth-order valence-electron chi connectivity index (χ4n) is 3.66. The maximum Gasteiger partial charge on any atom is 0.258 e. The largest absolute Gasteiger partial charge is 0.322 e. The lowest BCUT2D eigenvalue weighted by atomic mass is 9.85. The molecule has 0 spiro atoms.